The van der Waals surface area contributed by atoms with Gasteiger partial charge < -0.3 is 0 Å². The van der Waals surface area contributed by atoms with Gasteiger partial charge in [-0.3, -0.25) is 14.8 Å². The largest absolute Gasteiger partial charge is 0.299 e. The number of likely N-dealkylation sites (tertiary alicyclic amines) is 1. The van der Waals surface area contributed by atoms with Crippen LogP contribution in [0.15, 0.2) is 48.8 Å². The molecule has 0 atom stereocenters. The van der Waals surface area contributed by atoms with Crippen LogP contribution in [0.1, 0.15) is 29.5 Å². The molecule has 1 aromatic carbocycles. The highest BCUT2D eigenvalue weighted by Gasteiger charge is 2.23. The molecule has 0 unspecified atom stereocenters. The number of hydrogen-bond acceptors (Lipinski definition) is 3. The topological polar surface area (TPSA) is 19.4 Å². The summed E-state index contributed by atoms with van der Waals surface area (Å²) in [6.07, 6.45) is 7.73. The zero-order valence-corrected chi connectivity index (χ0v) is 14.4. The van der Waals surface area contributed by atoms with Gasteiger partial charge in [0.1, 0.15) is 0 Å². The second-order valence-electron chi connectivity index (χ2n) is 7.33. The van der Waals surface area contributed by atoms with Gasteiger partial charge in [-0.1, -0.05) is 30.3 Å². The molecule has 4 rings (SSSR count). The summed E-state index contributed by atoms with van der Waals surface area (Å²) >= 11 is 0. The van der Waals surface area contributed by atoms with Crippen LogP contribution in [0.4, 0.5) is 0 Å². The zero-order chi connectivity index (χ0) is 16.2. The first-order valence-corrected chi connectivity index (χ1v) is 9.27. The van der Waals surface area contributed by atoms with E-state index in [9.17, 15) is 0 Å². The standard InChI is InChI=1S/C21H27N3/c1-2-6-21-17-24(13-9-20(21)5-1)15-18-7-11-23(12-8-18)16-19-4-3-10-22-14-19/h1-6,10,14,18H,7-9,11-13,15-17H2. The Balaban J connectivity index is 1.25. The van der Waals surface area contributed by atoms with Crippen LogP contribution in [-0.2, 0) is 19.5 Å². The summed E-state index contributed by atoms with van der Waals surface area (Å²) in [5.74, 6) is 0.861. The minimum atomic E-state index is 0.861. The average Bonchev–Trinajstić information content (AvgIpc) is 2.64. The summed E-state index contributed by atoms with van der Waals surface area (Å²) in [6.45, 7) is 7.15. The molecule has 1 aromatic heterocycles. The maximum Gasteiger partial charge on any atom is 0.0312 e. The van der Waals surface area contributed by atoms with E-state index in [1.54, 1.807) is 5.56 Å². The number of aromatic nitrogens is 1. The molecular formula is C21H27N3. The van der Waals surface area contributed by atoms with E-state index in [-0.39, 0.29) is 0 Å². The van der Waals surface area contributed by atoms with Crippen LogP contribution in [0.3, 0.4) is 0 Å². The van der Waals surface area contributed by atoms with E-state index in [0.717, 1.165) is 19.0 Å². The van der Waals surface area contributed by atoms with Gasteiger partial charge in [-0.2, -0.15) is 0 Å². The third-order valence-corrected chi connectivity index (χ3v) is 5.56. The molecule has 2 aliphatic heterocycles. The average molecular weight is 321 g/mol. The number of nitrogens with zero attached hydrogens (tertiary/aromatic N) is 3. The van der Waals surface area contributed by atoms with Crippen molar-refractivity contribution in [2.75, 3.05) is 26.2 Å². The Morgan fingerprint density at radius 2 is 1.75 bits per heavy atom. The van der Waals surface area contributed by atoms with E-state index in [2.05, 4.69) is 45.1 Å². The number of benzene rings is 1. The van der Waals surface area contributed by atoms with Gasteiger partial charge in [0.25, 0.3) is 0 Å². The van der Waals surface area contributed by atoms with Crippen LogP contribution in [0, 0.1) is 5.92 Å². The molecule has 2 aromatic rings. The van der Waals surface area contributed by atoms with E-state index in [1.807, 2.05) is 18.5 Å². The molecule has 0 bridgehead atoms. The number of pyridine rings is 1. The number of hydrogen-bond donors (Lipinski definition) is 0. The molecule has 0 saturated carbocycles. The summed E-state index contributed by atoms with van der Waals surface area (Å²) in [6, 6.07) is 13.2. The molecule has 0 aliphatic carbocycles. The number of piperidine rings is 1. The Hall–Kier alpha value is -1.71. The van der Waals surface area contributed by atoms with Gasteiger partial charge in [-0.15, -0.1) is 0 Å². The van der Waals surface area contributed by atoms with Gasteiger partial charge in [-0.05, 0) is 61.0 Å². The second kappa shape index (κ2) is 7.45. The van der Waals surface area contributed by atoms with Crippen LogP contribution >= 0.6 is 0 Å². The van der Waals surface area contributed by atoms with Crippen LogP contribution < -0.4 is 0 Å². The number of rotatable bonds is 4. The van der Waals surface area contributed by atoms with Crippen molar-refractivity contribution in [3.05, 3.63) is 65.5 Å². The van der Waals surface area contributed by atoms with Crippen molar-refractivity contribution >= 4 is 0 Å². The van der Waals surface area contributed by atoms with Crippen LogP contribution in [-0.4, -0.2) is 41.0 Å². The fourth-order valence-electron chi connectivity index (χ4n) is 4.15. The summed E-state index contributed by atoms with van der Waals surface area (Å²) in [5.41, 5.74) is 4.43. The molecule has 3 nitrogen and oxygen atoms in total. The number of fused-ring (bicyclic) bond motifs is 1. The lowest BCUT2D eigenvalue weighted by Gasteiger charge is -2.36. The van der Waals surface area contributed by atoms with Gasteiger partial charge >= 0.3 is 0 Å². The van der Waals surface area contributed by atoms with Crippen molar-refractivity contribution in [1.29, 1.82) is 0 Å². The van der Waals surface area contributed by atoms with E-state index in [0.29, 0.717) is 0 Å². The van der Waals surface area contributed by atoms with E-state index in [1.165, 1.54) is 56.6 Å². The molecule has 0 radical (unpaired) electrons. The first kappa shape index (κ1) is 15.8. The normalized spacial score (nSPS) is 20.0. The Morgan fingerprint density at radius 3 is 2.54 bits per heavy atom. The SMILES string of the molecule is c1cncc(CN2CCC(CN3CCc4ccccc4C3)CC2)c1. The second-order valence-corrected chi connectivity index (χ2v) is 7.33. The maximum atomic E-state index is 4.23. The lowest BCUT2D eigenvalue weighted by atomic mass is 9.93. The monoisotopic (exact) mass is 321 g/mol. The van der Waals surface area contributed by atoms with Gasteiger partial charge in [0.15, 0.2) is 0 Å². The summed E-state index contributed by atoms with van der Waals surface area (Å²) < 4.78 is 0. The summed E-state index contributed by atoms with van der Waals surface area (Å²) in [7, 11) is 0. The Labute approximate surface area is 145 Å². The molecular weight excluding hydrogens is 294 g/mol. The molecule has 2 aliphatic rings. The quantitative estimate of drug-likeness (QED) is 0.861. The predicted octanol–water partition coefficient (Wildman–Crippen LogP) is 3.35. The minimum absolute atomic E-state index is 0.861. The molecule has 3 heterocycles. The third kappa shape index (κ3) is 3.85. The van der Waals surface area contributed by atoms with Crippen molar-refractivity contribution in [2.45, 2.75) is 32.4 Å². The minimum Gasteiger partial charge on any atom is -0.299 e. The predicted molar refractivity (Wildman–Crippen MR) is 97.7 cm³/mol. The molecule has 24 heavy (non-hydrogen) atoms. The van der Waals surface area contributed by atoms with Gasteiger partial charge in [0.05, 0.1) is 0 Å². The van der Waals surface area contributed by atoms with Crippen molar-refractivity contribution in [1.82, 2.24) is 14.8 Å². The molecule has 126 valence electrons. The van der Waals surface area contributed by atoms with Gasteiger partial charge in [0.2, 0.25) is 0 Å². The van der Waals surface area contributed by atoms with E-state index in [4.69, 9.17) is 0 Å². The highest BCUT2D eigenvalue weighted by Crippen LogP contribution is 2.24. The molecule has 1 saturated heterocycles. The smallest absolute Gasteiger partial charge is 0.0312 e. The van der Waals surface area contributed by atoms with Crippen molar-refractivity contribution in [2.24, 2.45) is 5.92 Å². The van der Waals surface area contributed by atoms with Crippen molar-refractivity contribution < 1.29 is 0 Å². The molecule has 1 fully saturated rings. The lowest BCUT2D eigenvalue weighted by molar-refractivity contribution is 0.132. The van der Waals surface area contributed by atoms with Gasteiger partial charge in [0, 0.05) is 38.6 Å². The van der Waals surface area contributed by atoms with E-state index >= 15 is 0 Å². The van der Waals surface area contributed by atoms with Crippen molar-refractivity contribution in [3.63, 3.8) is 0 Å². The highest BCUT2D eigenvalue weighted by atomic mass is 15.2. The lowest BCUT2D eigenvalue weighted by Crippen LogP contribution is -2.40. The Morgan fingerprint density at radius 1 is 0.917 bits per heavy atom. The van der Waals surface area contributed by atoms with Crippen LogP contribution in [0.2, 0.25) is 0 Å². The fraction of sp³-hybridized carbons (Fsp3) is 0.476. The first-order chi connectivity index (χ1) is 11.9. The summed E-state index contributed by atoms with van der Waals surface area (Å²) in [4.78, 5) is 9.48. The maximum absolute atomic E-state index is 4.23. The molecule has 0 spiro atoms. The van der Waals surface area contributed by atoms with Crippen molar-refractivity contribution in [3.8, 4) is 0 Å². The van der Waals surface area contributed by atoms with Gasteiger partial charge in [-0.25, -0.2) is 0 Å². The Kier molecular flexibility index (Phi) is 4.91. The zero-order valence-electron chi connectivity index (χ0n) is 14.4. The molecule has 3 heteroatoms. The molecule has 0 N–H and O–H groups in total. The molecule has 0 amide bonds. The van der Waals surface area contributed by atoms with E-state index < -0.39 is 0 Å². The third-order valence-electron chi connectivity index (χ3n) is 5.56. The summed E-state index contributed by atoms with van der Waals surface area (Å²) in [5, 5.41) is 0. The highest BCUT2D eigenvalue weighted by molar-refractivity contribution is 5.29. The fourth-order valence-corrected chi connectivity index (χ4v) is 4.15. The Bertz CT molecular complexity index is 647. The first-order valence-electron chi connectivity index (χ1n) is 9.27. The van der Waals surface area contributed by atoms with Crippen LogP contribution in [0.25, 0.3) is 0 Å². The van der Waals surface area contributed by atoms with Crippen LogP contribution in [0.5, 0.6) is 0 Å².